The first-order chi connectivity index (χ1) is 11.0. The fraction of sp³-hybridized carbons (Fsp3) is 0.133. The van der Waals surface area contributed by atoms with Crippen LogP contribution in [0, 0.1) is 3.57 Å². The molecule has 23 heavy (non-hydrogen) atoms. The van der Waals surface area contributed by atoms with Crippen molar-refractivity contribution in [2.45, 2.75) is 6.92 Å². The van der Waals surface area contributed by atoms with E-state index < -0.39 is 5.97 Å². The van der Waals surface area contributed by atoms with Crippen LogP contribution in [0.4, 0.5) is 5.00 Å². The quantitative estimate of drug-likeness (QED) is 0.502. The van der Waals surface area contributed by atoms with Gasteiger partial charge in [0, 0.05) is 14.3 Å². The average molecular weight is 438 g/mol. The summed E-state index contributed by atoms with van der Waals surface area (Å²) >= 11 is 3.37. The van der Waals surface area contributed by atoms with Crippen molar-refractivity contribution >= 4 is 55.7 Å². The second kappa shape index (κ2) is 6.28. The van der Waals surface area contributed by atoms with E-state index in [0.717, 1.165) is 3.57 Å². The molecule has 0 spiro atoms. The van der Waals surface area contributed by atoms with Crippen LogP contribution in [0.15, 0.2) is 34.4 Å². The SMILES string of the molecule is CCOC(=O)c1nn(-c2ccc([124I])cc2)c(=O)c2c(N)scc12. The Hall–Kier alpha value is -1.94. The molecule has 0 amide bonds. The number of carbonyl (C=O) groups is 1. The van der Waals surface area contributed by atoms with Crippen LogP contribution in [0.1, 0.15) is 17.4 Å². The first kappa shape index (κ1) is 15.9. The maximum Gasteiger partial charge on any atom is 0.359 e. The van der Waals surface area contributed by atoms with E-state index in [4.69, 9.17) is 10.5 Å². The molecule has 2 aromatic heterocycles. The third kappa shape index (κ3) is 2.83. The molecule has 0 unspecified atom stereocenters. The number of benzene rings is 1. The van der Waals surface area contributed by atoms with Crippen molar-refractivity contribution in [2.24, 2.45) is 0 Å². The van der Waals surface area contributed by atoms with Gasteiger partial charge >= 0.3 is 5.97 Å². The molecule has 2 heterocycles. The van der Waals surface area contributed by atoms with Crippen LogP contribution in [0.3, 0.4) is 0 Å². The number of rotatable bonds is 3. The topological polar surface area (TPSA) is 87.2 Å². The summed E-state index contributed by atoms with van der Waals surface area (Å²) < 4.78 is 7.26. The van der Waals surface area contributed by atoms with Crippen molar-refractivity contribution in [1.29, 1.82) is 0 Å². The van der Waals surface area contributed by atoms with Crippen molar-refractivity contribution < 1.29 is 9.53 Å². The van der Waals surface area contributed by atoms with Crippen LogP contribution in [-0.2, 0) is 4.74 Å². The van der Waals surface area contributed by atoms with Gasteiger partial charge in [-0.1, -0.05) is 0 Å². The predicted octanol–water partition coefficient (Wildman–Crippen LogP) is 2.81. The van der Waals surface area contributed by atoms with Crippen molar-refractivity contribution in [3.63, 3.8) is 0 Å². The van der Waals surface area contributed by atoms with E-state index in [-0.39, 0.29) is 17.9 Å². The van der Waals surface area contributed by atoms with E-state index >= 15 is 0 Å². The lowest BCUT2D eigenvalue weighted by Crippen LogP contribution is -2.25. The number of fused-ring (bicyclic) bond motifs is 1. The Labute approximate surface area is 149 Å². The van der Waals surface area contributed by atoms with Gasteiger partial charge in [0.05, 0.1) is 22.7 Å². The molecular formula is C15H12IN3O3S. The van der Waals surface area contributed by atoms with Gasteiger partial charge in [-0.3, -0.25) is 4.79 Å². The molecule has 0 aliphatic carbocycles. The lowest BCUT2D eigenvalue weighted by Gasteiger charge is -2.09. The summed E-state index contributed by atoms with van der Waals surface area (Å²) in [6.45, 7) is 1.94. The Morgan fingerprint density at radius 1 is 1.39 bits per heavy atom. The molecule has 3 aromatic rings. The lowest BCUT2D eigenvalue weighted by atomic mass is 10.2. The number of hydrogen-bond donors (Lipinski definition) is 1. The Bertz CT molecular complexity index is 947. The van der Waals surface area contributed by atoms with Crippen LogP contribution in [0.5, 0.6) is 0 Å². The smallest absolute Gasteiger partial charge is 0.359 e. The van der Waals surface area contributed by atoms with Crippen LogP contribution in [-0.4, -0.2) is 22.4 Å². The average Bonchev–Trinajstić information content (AvgIpc) is 2.91. The number of esters is 1. The number of nitrogens with zero attached hydrogens (tertiary/aromatic N) is 2. The van der Waals surface area contributed by atoms with Crippen LogP contribution in [0.2, 0.25) is 0 Å². The molecule has 2 N–H and O–H groups in total. The number of aromatic nitrogens is 2. The van der Waals surface area contributed by atoms with Crippen LogP contribution >= 0.6 is 33.9 Å². The van der Waals surface area contributed by atoms with Gasteiger partial charge in [-0.15, -0.1) is 11.3 Å². The third-order valence-electron chi connectivity index (χ3n) is 3.22. The number of hydrogen-bond acceptors (Lipinski definition) is 6. The highest BCUT2D eigenvalue weighted by molar-refractivity contribution is 14.1. The highest BCUT2D eigenvalue weighted by atomic mass is 124. The first-order valence-corrected chi connectivity index (χ1v) is 8.71. The highest BCUT2D eigenvalue weighted by Crippen LogP contribution is 2.27. The van der Waals surface area contributed by atoms with Gasteiger partial charge in [0.15, 0.2) is 5.69 Å². The van der Waals surface area contributed by atoms with Crippen molar-refractivity contribution in [2.75, 3.05) is 12.3 Å². The van der Waals surface area contributed by atoms with Gasteiger partial charge in [-0.05, 0) is 53.8 Å². The number of halogens is 1. The van der Waals surface area contributed by atoms with Gasteiger partial charge in [0.2, 0.25) is 0 Å². The summed E-state index contributed by atoms with van der Waals surface area (Å²) in [5.74, 6) is -0.574. The van der Waals surface area contributed by atoms with Gasteiger partial charge in [0.25, 0.3) is 5.56 Å². The molecule has 0 saturated carbocycles. The highest BCUT2D eigenvalue weighted by Gasteiger charge is 2.21. The van der Waals surface area contributed by atoms with Gasteiger partial charge < -0.3 is 10.5 Å². The van der Waals surface area contributed by atoms with E-state index in [2.05, 4.69) is 27.7 Å². The molecule has 3 rings (SSSR count). The zero-order chi connectivity index (χ0) is 16.6. The van der Waals surface area contributed by atoms with Gasteiger partial charge in [0.1, 0.15) is 0 Å². The summed E-state index contributed by atoms with van der Waals surface area (Å²) in [6, 6.07) is 7.24. The summed E-state index contributed by atoms with van der Waals surface area (Å²) in [4.78, 5) is 24.9. The zero-order valence-corrected chi connectivity index (χ0v) is 15.1. The Morgan fingerprint density at radius 2 is 2.09 bits per heavy atom. The summed E-state index contributed by atoms with van der Waals surface area (Å²) in [5, 5.41) is 6.95. The van der Waals surface area contributed by atoms with Crippen LogP contribution in [0.25, 0.3) is 16.5 Å². The van der Waals surface area contributed by atoms with Crippen molar-refractivity contribution in [3.8, 4) is 5.69 Å². The van der Waals surface area contributed by atoms with Crippen molar-refractivity contribution in [1.82, 2.24) is 9.78 Å². The number of nitrogens with two attached hydrogens (primary N) is 1. The molecule has 0 aliphatic rings. The number of nitrogen functional groups attached to an aromatic ring is 1. The minimum absolute atomic E-state index is 0.0907. The first-order valence-electron chi connectivity index (χ1n) is 6.76. The number of ether oxygens (including phenoxy) is 1. The molecule has 0 radical (unpaired) electrons. The fourth-order valence-electron chi connectivity index (χ4n) is 2.18. The molecule has 0 atom stereocenters. The number of anilines is 1. The van der Waals surface area contributed by atoms with E-state index in [1.54, 1.807) is 24.4 Å². The Kier molecular flexibility index (Phi) is 4.35. The molecule has 6 nitrogen and oxygen atoms in total. The van der Waals surface area contributed by atoms with Crippen LogP contribution < -0.4 is 11.3 Å². The fourth-order valence-corrected chi connectivity index (χ4v) is 3.33. The number of thiophene rings is 1. The summed E-state index contributed by atoms with van der Waals surface area (Å²) in [6.07, 6.45) is 0. The minimum atomic E-state index is -0.574. The monoisotopic (exact) mass is 438 g/mol. The van der Waals surface area contributed by atoms with Crippen molar-refractivity contribution in [3.05, 3.63) is 49.3 Å². The molecule has 0 fully saturated rings. The van der Waals surface area contributed by atoms with E-state index in [1.165, 1.54) is 16.0 Å². The molecular weight excluding hydrogens is 426 g/mol. The maximum atomic E-state index is 12.7. The lowest BCUT2D eigenvalue weighted by molar-refractivity contribution is 0.0520. The van der Waals surface area contributed by atoms with E-state index in [1.807, 2.05) is 12.1 Å². The van der Waals surface area contributed by atoms with E-state index in [9.17, 15) is 9.59 Å². The second-order valence-electron chi connectivity index (χ2n) is 4.65. The largest absolute Gasteiger partial charge is 0.461 e. The maximum absolute atomic E-state index is 12.7. The molecule has 0 aliphatic heterocycles. The second-order valence-corrected chi connectivity index (χ2v) is 6.81. The third-order valence-corrected chi connectivity index (χ3v) is 4.75. The molecule has 0 saturated heterocycles. The minimum Gasteiger partial charge on any atom is -0.461 e. The standard InChI is InChI=1S/C15H12IN3O3S/c1-2-22-15(21)12-10-7-23-13(17)11(10)14(20)19(18-12)9-5-3-8(16)4-6-9/h3-7H,2,17H2,1H3/i16-3. The summed E-state index contributed by atoms with van der Waals surface area (Å²) in [7, 11) is 0. The van der Waals surface area contributed by atoms with E-state index in [0.29, 0.717) is 21.5 Å². The zero-order valence-electron chi connectivity index (χ0n) is 12.1. The van der Waals surface area contributed by atoms with Gasteiger partial charge in [-0.2, -0.15) is 9.78 Å². The Morgan fingerprint density at radius 3 is 2.74 bits per heavy atom. The molecule has 1 aromatic carbocycles. The number of carbonyl (C=O) groups excluding carboxylic acids is 1. The predicted molar refractivity (Wildman–Crippen MR) is 98.3 cm³/mol. The normalized spacial score (nSPS) is 10.9. The van der Waals surface area contributed by atoms with Gasteiger partial charge in [-0.25, -0.2) is 4.79 Å². The Balaban J connectivity index is 2.32. The summed E-state index contributed by atoms with van der Waals surface area (Å²) in [5.41, 5.74) is 6.22. The molecule has 118 valence electrons. The molecule has 0 bridgehead atoms. The molecule has 8 heteroatoms.